The Kier molecular flexibility index (Phi) is 4.36. The molecule has 3 aromatic rings. The fraction of sp³-hybridized carbons (Fsp3) is 0.455. The van der Waals surface area contributed by atoms with Gasteiger partial charge in [0.1, 0.15) is 17.3 Å². The van der Waals surface area contributed by atoms with Gasteiger partial charge in [0, 0.05) is 24.7 Å². The number of halogens is 2. The first-order valence-corrected chi connectivity index (χ1v) is 10.6. The van der Waals surface area contributed by atoms with E-state index in [4.69, 9.17) is 37.9 Å². The summed E-state index contributed by atoms with van der Waals surface area (Å²) >= 11 is 12.6. The minimum Gasteiger partial charge on any atom is -0.380 e. The van der Waals surface area contributed by atoms with E-state index >= 15 is 0 Å². The largest absolute Gasteiger partial charge is 0.380 e. The van der Waals surface area contributed by atoms with Crippen molar-refractivity contribution in [2.24, 2.45) is 5.41 Å². The van der Waals surface area contributed by atoms with E-state index in [1.165, 1.54) is 0 Å². The maximum absolute atomic E-state index is 6.43. The molecular formula is C22H24Cl2N4O. The predicted molar refractivity (Wildman–Crippen MR) is 117 cm³/mol. The predicted octanol–water partition coefficient (Wildman–Crippen LogP) is 4.92. The molecule has 5 rings (SSSR count). The highest BCUT2D eigenvalue weighted by molar-refractivity contribution is 6.42. The van der Waals surface area contributed by atoms with Gasteiger partial charge in [-0.05, 0) is 17.7 Å². The van der Waals surface area contributed by atoms with Crippen molar-refractivity contribution in [3.63, 3.8) is 0 Å². The second-order valence-corrected chi connectivity index (χ2v) is 10.1. The number of hydrogen-bond donors (Lipinski definition) is 0. The summed E-state index contributed by atoms with van der Waals surface area (Å²) in [6, 6.07) is 7.85. The van der Waals surface area contributed by atoms with Gasteiger partial charge in [-0.25, -0.2) is 9.97 Å². The quantitative estimate of drug-likeness (QED) is 0.591. The second kappa shape index (κ2) is 6.59. The zero-order valence-corrected chi connectivity index (χ0v) is 18.4. The van der Waals surface area contributed by atoms with Crippen LogP contribution in [0.3, 0.4) is 0 Å². The van der Waals surface area contributed by atoms with Gasteiger partial charge in [0.25, 0.3) is 0 Å². The maximum atomic E-state index is 6.43. The molecule has 2 aromatic heterocycles. The smallest absolute Gasteiger partial charge is 0.146 e. The maximum Gasteiger partial charge on any atom is 0.146 e. The molecule has 5 nitrogen and oxygen atoms in total. The summed E-state index contributed by atoms with van der Waals surface area (Å²) in [7, 11) is 0. The summed E-state index contributed by atoms with van der Waals surface area (Å²) in [5.41, 5.74) is 2.09. The molecule has 0 bridgehead atoms. The van der Waals surface area contributed by atoms with Crippen molar-refractivity contribution in [2.75, 3.05) is 31.2 Å². The van der Waals surface area contributed by atoms with Crippen LogP contribution in [-0.2, 0) is 16.7 Å². The highest BCUT2D eigenvalue weighted by atomic mass is 35.5. The number of aromatic nitrogens is 3. The molecule has 2 fully saturated rings. The molecule has 2 aliphatic rings. The van der Waals surface area contributed by atoms with Crippen molar-refractivity contribution in [1.82, 2.24) is 14.5 Å². The van der Waals surface area contributed by atoms with E-state index in [0.29, 0.717) is 22.0 Å². The molecule has 1 spiro atoms. The van der Waals surface area contributed by atoms with E-state index < -0.39 is 0 Å². The molecule has 29 heavy (non-hydrogen) atoms. The molecule has 0 aliphatic carbocycles. The molecule has 0 radical (unpaired) electrons. The lowest BCUT2D eigenvalue weighted by molar-refractivity contribution is -0.127. The second-order valence-electron chi connectivity index (χ2n) is 9.36. The molecule has 0 atom stereocenters. The van der Waals surface area contributed by atoms with Gasteiger partial charge in [-0.2, -0.15) is 0 Å². The Morgan fingerprint density at radius 2 is 1.86 bits per heavy atom. The van der Waals surface area contributed by atoms with E-state index in [9.17, 15) is 0 Å². The molecule has 4 heterocycles. The number of anilines is 1. The topological polar surface area (TPSA) is 43.2 Å². The van der Waals surface area contributed by atoms with Crippen LogP contribution in [0.25, 0.3) is 11.0 Å². The normalized spacial score (nSPS) is 18.2. The first-order chi connectivity index (χ1) is 13.8. The summed E-state index contributed by atoms with van der Waals surface area (Å²) in [6.07, 6.45) is 2.06. The number of benzene rings is 1. The number of hydrogen-bond acceptors (Lipinski definition) is 4. The molecule has 0 amide bonds. The SMILES string of the molecule is CC(C)(C)c1nc(N2CC3(COC3)C2)c2ccn(Cc3cccc(Cl)c3Cl)c2n1. The third-order valence-electron chi connectivity index (χ3n) is 5.81. The van der Waals surface area contributed by atoms with Crippen LogP contribution in [0.1, 0.15) is 32.2 Å². The van der Waals surface area contributed by atoms with Crippen LogP contribution in [0.2, 0.25) is 10.0 Å². The van der Waals surface area contributed by atoms with E-state index in [0.717, 1.165) is 54.5 Å². The minimum absolute atomic E-state index is 0.145. The molecule has 0 unspecified atom stereocenters. The number of rotatable bonds is 3. The van der Waals surface area contributed by atoms with Gasteiger partial charge in [-0.1, -0.05) is 56.1 Å². The minimum atomic E-state index is -0.145. The fourth-order valence-corrected chi connectivity index (χ4v) is 4.47. The summed E-state index contributed by atoms with van der Waals surface area (Å²) in [5, 5.41) is 2.24. The van der Waals surface area contributed by atoms with Crippen LogP contribution >= 0.6 is 23.2 Å². The molecule has 0 saturated carbocycles. The van der Waals surface area contributed by atoms with Crippen molar-refractivity contribution < 1.29 is 4.74 Å². The summed E-state index contributed by atoms with van der Waals surface area (Å²) in [5.74, 6) is 1.87. The molecular weight excluding hydrogens is 407 g/mol. The lowest BCUT2D eigenvalue weighted by atomic mass is 9.78. The zero-order valence-electron chi connectivity index (χ0n) is 16.9. The molecule has 1 aromatic carbocycles. The van der Waals surface area contributed by atoms with Gasteiger partial charge in [0.05, 0.1) is 40.6 Å². The average Bonchev–Trinajstić information content (AvgIpc) is 2.99. The number of ether oxygens (including phenoxy) is 1. The number of nitrogens with zero attached hydrogens (tertiary/aromatic N) is 4. The third-order valence-corrected chi connectivity index (χ3v) is 6.67. The van der Waals surface area contributed by atoms with Crippen molar-refractivity contribution in [3.8, 4) is 0 Å². The van der Waals surface area contributed by atoms with Crippen LogP contribution in [0.4, 0.5) is 5.82 Å². The first kappa shape index (κ1) is 19.2. The monoisotopic (exact) mass is 430 g/mol. The highest BCUT2D eigenvalue weighted by Crippen LogP contribution is 2.42. The molecule has 2 aliphatic heterocycles. The van der Waals surface area contributed by atoms with Gasteiger partial charge in [0.15, 0.2) is 0 Å². The molecule has 2 saturated heterocycles. The van der Waals surface area contributed by atoms with Crippen molar-refractivity contribution >= 4 is 40.1 Å². The summed E-state index contributed by atoms with van der Waals surface area (Å²) in [4.78, 5) is 12.3. The van der Waals surface area contributed by atoms with Gasteiger partial charge in [0.2, 0.25) is 0 Å². The summed E-state index contributed by atoms with van der Waals surface area (Å²) < 4.78 is 7.57. The van der Waals surface area contributed by atoms with Crippen LogP contribution in [-0.4, -0.2) is 40.8 Å². The number of fused-ring (bicyclic) bond motifs is 1. The Bertz CT molecular complexity index is 1090. The Morgan fingerprint density at radius 3 is 2.52 bits per heavy atom. The Hall–Kier alpha value is -1.82. The van der Waals surface area contributed by atoms with Crippen molar-refractivity contribution in [1.29, 1.82) is 0 Å². The van der Waals surface area contributed by atoms with Crippen LogP contribution in [0.15, 0.2) is 30.5 Å². The Labute approximate surface area is 180 Å². The van der Waals surface area contributed by atoms with Gasteiger partial charge in [-0.3, -0.25) is 0 Å². The van der Waals surface area contributed by atoms with Gasteiger partial charge in [-0.15, -0.1) is 0 Å². The van der Waals surface area contributed by atoms with Crippen LogP contribution in [0, 0.1) is 5.41 Å². The zero-order chi connectivity index (χ0) is 20.4. The highest BCUT2D eigenvalue weighted by Gasteiger charge is 2.50. The molecule has 7 heteroatoms. The van der Waals surface area contributed by atoms with Gasteiger partial charge < -0.3 is 14.2 Å². The average molecular weight is 431 g/mol. The molecule has 0 N–H and O–H groups in total. The fourth-order valence-electron chi connectivity index (χ4n) is 4.09. The van der Waals surface area contributed by atoms with Crippen molar-refractivity contribution in [2.45, 2.75) is 32.7 Å². The standard InChI is InChI=1S/C22H24Cl2N4O/c1-21(2,3)20-25-18-15(19(26-20)28-10-22(11-28)12-29-13-22)7-8-27(18)9-14-5-4-6-16(23)17(14)24/h4-8H,9-13H2,1-3H3. The van der Waals surface area contributed by atoms with Crippen molar-refractivity contribution in [3.05, 3.63) is 51.9 Å². The third kappa shape index (κ3) is 3.20. The summed E-state index contributed by atoms with van der Waals surface area (Å²) in [6.45, 7) is 10.8. The Balaban J connectivity index is 1.58. The lowest BCUT2D eigenvalue weighted by Crippen LogP contribution is -2.66. The van der Waals surface area contributed by atoms with E-state index in [-0.39, 0.29) is 5.41 Å². The van der Waals surface area contributed by atoms with E-state index in [1.807, 2.05) is 18.2 Å². The molecule has 152 valence electrons. The van der Waals surface area contributed by atoms with E-state index in [1.54, 1.807) is 0 Å². The van der Waals surface area contributed by atoms with E-state index in [2.05, 4.69) is 42.5 Å². The first-order valence-electron chi connectivity index (χ1n) is 9.89. The lowest BCUT2D eigenvalue weighted by Gasteiger charge is -2.55. The van der Waals surface area contributed by atoms with Gasteiger partial charge >= 0.3 is 0 Å². The Morgan fingerprint density at radius 1 is 1.10 bits per heavy atom. The van der Waals surface area contributed by atoms with Crippen LogP contribution < -0.4 is 4.90 Å². The van der Waals surface area contributed by atoms with Crippen LogP contribution in [0.5, 0.6) is 0 Å².